The van der Waals surface area contributed by atoms with Gasteiger partial charge < -0.3 is 15.8 Å². The number of nitrogens with two attached hydrogens (primary N) is 1. The Bertz CT molecular complexity index is 685. The maximum absolute atomic E-state index is 12.3. The van der Waals surface area contributed by atoms with Crippen LogP contribution in [0.5, 0.6) is 5.75 Å². The maximum atomic E-state index is 12.3. The fraction of sp³-hybridized carbons (Fsp3) is 0.350. The summed E-state index contributed by atoms with van der Waals surface area (Å²) >= 11 is 0. The van der Waals surface area contributed by atoms with E-state index in [0.717, 1.165) is 36.8 Å². The highest BCUT2D eigenvalue weighted by molar-refractivity contribution is 5.85. The number of carbonyl (C=O) groups excluding carboxylic acids is 1. The second-order valence-corrected chi connectivity index (χ2v) is 6.39. The molecule has 3 rings (SSSR count). The molecule has 3 N–H and O–H groups in total. The number of halogens is 1. The average Bonchev–Trinajstić information content (AvgIpc) is 3.10. The first-order valence-corrected chi connectivity index (χ1v) is 8.51. The minimum atomic E-state index is -0.237. The Hall–Kier alpha value is -2.04. The normalized spacial score (nSPS) is 15.2. The van der Waals surface area contributed by atoms with E-state index in [4.69, 9.17) is 10.5 Å². The summed E-state index contributed by atoms with van der Waals surface area (Å²) in [6.45, 7) is 0.491. The highest BCUT2D eigenvalue weighted by atomic mass is 35.5. The summed E-state index contributed by atoms with van der Waals surface area (Å²) in [6.07, 6.45) is 4.15. The van der Waals surface area contributed by atoms with Gasteiger partial charge in [0.2, 0.25) is 0 Å². The van der Waals surface area contributed by atoms with Crippen LogP contribution >= 0.6 is 12.4 Å². The first-order valence-electron chi connectivity index (χ1n) is 8.51. The zero-order valence-corrected chi connectivity index (χ0v) is 15.1. The number of para-hydroxylation sites is 1. The molecule has 0 saturated heterocycles. The highest BCUT2D eigenvalue weighted by Crippen LogP contribution is 2.30. The van der Waals surface area contributed by atoms with E-state index in [1.54, 1.807) is 0 Å². The maximum Gasteiger partial charge on any atom is 0.258 e. The molecule has 25 heavy (non-hydrogen) atoms. The van der Waals surface area contributed by atoms with Crippen LogP contribution < -0.4 is 15.8 Å². The number of benzene rings is 2. The molecule has 0 atom stereocenters. The summed E-state index contributed by atoms with van der Waals surface area (Å²) in [5.74, 6) is 0.609. The highest BCUT2D eigenvalue weighted by Gasteiger charge is 2.33. The first kappa shape index (κ1) is 19.3. The van der Waals surface area contributed by atoms with E-state index in [-0.39, 0.29) is 30.5 Å². The lowest BCUT2D eigenvalue weighted by Crippen LogP contribution is -2.52. The third kappa shape index (κ3) is 4.74. The lowest BCUT2D eigenvalue weighted by atomic mass is 9.98. The van der Waals surface area contributed by atoms with E-state index in [0.29, 0.717) is 12.3 Å². The van der Waals surface area contributed by atoms with Gasteiger partial charge in [0.05, 0.1) is 5.54 Å². The predicted molar refractivity (Wildman–Crippen MR) is 103 cm³/mol. The summed E-state index contributed by atoms with van der Waals surface area (Å²) in [7, 11) is 0. The standard InChI is InChI=1S/C20H24N2O2.ClH/c21-15-20(12-6-7-13-20)22-19(23)14-24-18-11-5-4-10-17(18)16-8-2-1-3-9-16;/h1-5,8-11H,6-7,12-15,21H2,(H,22,23);1H. The van der Waals surface area contributed by atoms with Gasteiger partial charge in [-0.15, -0.1) is 12.4 Å². The largest absolute Gasteiger partial charge is 0.483 e. The van der Waals surface area contributed by atoms with Gasteiger partial charge in [-0.2, -0.15) is 0 Å². The zero-order valence-electron chi connectivity index (χ0n) is 14.2. The molecule has 5 heteroatoms. The minimum Gasteiger partial charge on any atom is -0.483 e. The van der Waals surface area contributed by atoms with Crippen molar-refractivity contribution in [3.8, 4) is 16.9 Å². The number of hydrogen-bond donors (Lipinski definition) is 2. The van der Waals surface area contributed by atoms with Crippen LogP contribution in [0.3, 0.4) is 0 Å². The van der Waals surface area contributed by atoms with Crippen LogP contribution in [0.4, 0.5) is 0 Å². The van der Waals surface area contributed by atoms with Crippen LogP contribution in [0.15, 0.2) is 54.6 Å². The van der Waals surface area contributed by atoms with Crippen molar-refractivity contribution in [1.82, 2.24) is 5.32 Å². The Morgan fingerprint density at radius 3 is 2.36 bits per heavy atom. The fourth-order valence-corrected chi connectivity index (χ4v) is 3.36. The van der Waals surface area contributed by atoms with Gasteiger partial charge in [0, 0.05) is 12.1 Å². The Kier molecular flexibility index (Phi) is 6.85. The van der Waals surface area contributed by atoms with Gasteiger partial charge in [0.1, 0.15) is 5.75 Å². The SMILES string of the molecule is Cl.NCC1(NC(=O)COc2ccccc2-c2ccccc2)CCCC1. The van der Waals surface area contributed by atoms with Gasteiger partial charge in [-0.05, 0) is 24.5 Å². The molecule has 0 aliphatic heterocycles. The molecular formula is C20H25ClN2O2. The Balaban J connectivity index is 0.00000225. The molecule has 2 aromatic carbocycles. The molecule has 0 aromatic heterocycles. The Labute approximate surface area is 155 Å². The number of amides is 1. The van der Waals surface area contributed by atoms with Crippen molar-refractivity contribution < 1.29 is 9.53 Å². The van der Waals surface area contributed by atoms with Crippen molar-refractivity contribution in [3.63, 3.8) is 0 Å². The summed E-state index contributed by atoms with van der Waals surface area (Å²) in [5, 5.41) is 3.08. The van der Waals surface area contributed by atoms with Gasteiger partial charge >= 0.3 is 0 Å². The van der Waals surface area contributed by atoms with Crippen molar-refractivity contribution in [2.45, 2.75) is 31.2 Å². The van der Waals surface area contributed by atoms with Gasteiger partial charge in [0.15, 0.2) is 6.61 Å². The molecule has 134 valence electrons. The van der Waals surface area contributed by atoms with E-state index >= 15 is 0 Å². The van der Waals surface area contributed by atoms with Gasteiger partial charge in [-0.3, -0.25) is 4.79 Å². The van der Waals surface area contributed by atoms with E-state index in [2.05, 4.69) is 5.32 Å². The lowest BCUT2D eigenvalue weighted by Gasteiger charge is -2.28. The zero-order chi connectivity index (χ0) is 16.8. The minimum absolute atomic E-state index is 0. The number of ether oxygens (including phenoxy) is 1. The smallest absolute Gasteiger partial charge is 0.258 e. The molecular weight excluding hydrogens is 336 g/mol. The third-order valence-corrected chi connectivity index (χ3v) is 4.69. The number of rotatable bonds is 6. The van der Waals surface area contributed by atoms with E-state index in [1.165, 1.54) is 0 Å². The molecule has 1 amide bonds. The van der Waals surface area contributed by atoms with Crippen molar-refractivity contribution >= 4 is 18.3 Å². The van der Waals surface area contributed by atoms with Crippen LogP contribution in [0.1, 0.15) is 25.7 Å². The van der Waals surface area contributed by atoms with Crippen LogP contribution in [-0.2, 0) is 4.79 Å². The van der Waals surface area contributed by atoms with Crippen molar-refractivity contribution in [2.75, 3.05) is 13.2 Å². The molecule has 0 heterocycles. The Morgan fingerprint density at radius 1 is 1.04 bits per heavy atom. The third-order valence-electron chi connectivity index (χ3n) is 4.69. The van der Waals surface area contributed by atoms with E-state index in [9.17, 15) is 4.79 Å². The van der Waals surface area contributed by atoms with E-state index < -0.39 is 0 Å². The number of carbonyl (C=O) groups is 1. The monoisotopic (exact) mass is 360 g/mol. The van der Waals surface area contributed by atoms with Crippen LogP contribution in [0.25, 0.3) is 11.1 Å². The second kappa shape index (κ2) is 8.88. The molecule has 4 nitrogen and oxygen atoms in total. The van der Waals surface area contributed by atoms with Gasteiger partial charge in [-0.25, -0.2) is 0 Å². The molecule has 1 aliphatic carbocycles. The summed E-state index contributed by atoms with van der Waals surface area (Å²) in [5.41, 5.74) is 7.69. The molecule has 0 radical (unpaired) electrons. The van der Waals surface area contributed by atoms with Crippen molar-refractivity contribution in [2.24, 2.45) is 5.73 Å². The van der Waals surface area contributed by atoms with Crippen molar-refractivity contribution in [3.05, 3.63) is 54.6 Å². The molecule has 0 bridgehead atoms. The van der Waals surface area contributed by atoms with Crippen LogP contribution in [-0.4, -0.2) is 24.6 Å². The van der Waals surface area contributed by atoms with Crippen molar-refractivity contribution in [1.29, 1.82) is 0 Å². The Morgan fingerprint density at radius 2 is 1.68 bits per heavy atom. The predicted octanol–water partition coefficient (Wildman–Crippen LogP) is 3.54. The quantitative estimate of drug-likeness (QED) is 0.828. The molecule has 1 fully saturated rings. The summed E-state index contributed by atoms with van der Waals surface area (Å²) in [6, 6.07) is 17.8. The molecule has 0 spiro atoms. The van der Waals surface area contributed by atoms with Gasteiger partial charge in [-0.1, -0.05) is 61.4 Å². The molecule has 1 saturated carbocycles. The number of hydrogen-bond acceptors (Lipinski definition) is 3. The van der Waals surface area contributed by atoms with E-state index in [1.807, 2.05) is 54.6 Å². The van der Waals surface area contributed by atoms with Gasteiger partial charge in [0.25, 0.3) is 5.91 Å². The second-order valence-electron chi connectivity index (χ2n) is 6.39. The lowest BCUT2D eigenvalue weighted by molar-refractivity contribution is -0.124. The molecule has 0 unspecified atom stereocenters. The van der Waals surface area contributed by atoms with Crippen LogP contribution in [0, 0.1) is 0 Å². The first-order chi connectivity index (χ1) is 11.7. The summed E-state index contributed by atoms with van der Waals surface area (Å²) < 4.78 is 5.80. The van der Waals surface area contributed by atoms with Crippen LogP contribution in [0.2, 0.25) is 0 Å². The fourth-order valence-electron chi connectivity index (χ4n) is 3.36. The molecule has 1 aliphatic rings. The number of nitrogens with one attached hydrogen (secondary N) is 1. The topological polar surface area (TPSA) is 64.3 Å². The summed E-state index contributed by atoms with van der Waals surface area (Å²) in [4.78, 5) is 12.3. The molecule has 2 aromatic rings. The average molecular weight is 361 g/mol.